The van der Waals surface area contributed by atoms with E-state index in [1.54, 1.807) is 6.26 Å². The quantitative estimate of drug-likeness (QED) is 0.842. The van der Waals surface area contributed by atoms with Gasteiger partial charge in [-0.05, 0) is 31.2 Å². The molecule has 1 atom stereocenters. The van der Waals surface area contributed by atoms with Gasteiger partial charge in [0.1, 0.15) is 5.76 Å². The molecule has 0 aliphatic heterocycles. The Hall–Kier alpha value is -1.54. The molecule has 1 N–H and O–H groups in total. The van der Waals surface area contributed by atoms with Gasteiger partial charge in [0, 0.05) is 11.6 Å². The molecule has 0 radical (unpaired) electrons. The van der Waals surface area contributed by atoms with Crippen molar-refractivity contribution in [3.05, 3.63) is 48.2 Å². The van der Waals surface area contributed by atoms with Gasteiger partial charge in [-0.1, -0.05) is 31.2 Å². The van der Waals surface area contributed by atoms with Crippen LogP contribution in [0.2, 0.25) is 0 Å². The summed E-state index contributed by atoms with van der Waals surface area (Å²) in [6, 6.07) is 12.6. The summed E-state index contributed by atoms with van der Waals surface area (Å²) in [6.07, 6.45) is 1.71. The first-order valence-corrected chi connectivity index (χ1v) is 5.69. The van der Waals surface area contributed by atoms with Gasteiger partial charge in [-0.25, -0.2) is 0 Å². The van der Waals surface area contributed by atoms with Gasteiger partial charge in [0.15, 0.2) is 0 Å². The van der Waals surface area contributed by atoms with Gasteiger partial charge in [0.05, 0.1) is 6.26 Å². The van der Waals surface area contributed by atoms with Gasteiger partial charge in [-0.15, -0.1) is 0 Å². The lowest BCUT2D eigenvalue weighted by molar-refractivity contribution is 0.572. The fourth-order valence-electron chi connectivity index (χ4n) is 1.95. The molecule has 2 nitrogen and oxygen atoms in total. The predicted octanol–water partition coefficient (Wildman–Crippen LogP) is 3.62. The third-order valence-corrected chi connectivity index (χ3v) is 2.72. The molecule has 2 aromatic rings. The first-order chi connectivity index (χ1) is 7.83. The zero-order valence-corrected chi connectivity index (χ0v) is 9.73. The molecule has 1 aromatic heterocycles. The molecular formula is C14H17NO. The van der Waals surface area contributed by atoms with Crippen LogP contribution < -0.4 is 5.32 Å². The maximum absolute atomic E-state index is 5.46. The zero-order valence-electron chi connectivity index (χ0n) is 9.73. The van der Waals surface area contributed by atoms with Crippen LogP contribution in [-0.4, -0.2) is 6.54 Å². The smallest absolute Gasteiger partial charge is 0.134 e. The molecule has 84 valence electrons. The van der Waals surface area contributed by atoms with Crippen molar-refractivity contribution < 1.29 is 4.42 Å². The van der Waals surface area contributed by atoms with E-state index in [0.29, 0.717) is 6.04 Å². The summed E-state index contributed by atoms with van der Waals surface area (Å²) in [5, 5.41) is 3.42. The van der Waals surface area contributed by atoms with Gasteiger partial charge in [-0.2, -0.15) is 0 Å². The minimum atomic E-state index is 0.339. The Balaban J connectivity index is 2.38. The van der Waals surface area contributed by atoms with Crippen molar-refractivity contribution in [2.24, 2.45) is 0 Å². The van der Waals surface area contributed by atoms with Crippen LogP contribution in [0.5, 0.6) is 0 Å². The second kappa shape index (κ2) is 4.99. The molecule has 0 bridgehead atoms. The van der Waals surface area contributed by atoms with E-state index in [-0.39, 0.29) is 0 Å². The van der Waals surface area contributed by atoms with Crippen molar-refractivity contribution in [2.75, 3.05) is 6.54 Å². The fourth-order valence-corrected chi connectivity index (χ4v) is 1.95. The maximum Gasteiger partial charge on any atom is 0.134 e. The summed E-state index contributed by atoms with van der Waals surface area (Å²) in [5.41, 5.74) is 2.44. The summed E-state index contributed by atoms with van der Waals surface area (Å²) in [6.45, 7) is 5.25. The SMILES string of the molecule is CCNC(C)c1ccccc1-c1ccco1. The van der Waals surface area contributed by atoms with Gasteiger partial charge >= 0.3 is 0 Å². The topological polar surface area (TPSA) is 25.2 Å². The van der Waals surface area contributed by atoms with Crippen molar-refractivity contribution in [1.82, 2.24) is 5.32 Å². The molecule has 0 aliphatic carbocycles. The second-order valence-electron chi connectivity index (χ2n) is 3.84. The van der Waals surface area contributed by atoms with E-state index < -0.39 is 0 Å². The summed E-state index contributed by atoms with van der Waals surface area (Å²) in [4.78, 5) is 0. The summed E-state index contributed by atoms with van der Waals surface area (Å²) >= 11 is 0. The highest BCUT2D eigenvalue weighted by atomic mass is 16.3. The van der Waals surface area contributed by atoms with Gasteiger partial charge < -0.3 is 9.73 Å². The predicted molar refractivity (Wildman–Crippen MR) is 66.2 cm³/mol. The summed E-state index contributed by atoms with van der Waals surface area (Å²) in [7, 11) is 0. The Morgan fingerprint density at radius 2 is 2.00 bits per heavy atom. The van der Waals surface area contributed by atoms with E-state index in [4.69, 9.17) is 4.42 Å². The Kier molecular flexibility index (Phi) is 3.42. The summed E-state index contributed by atoms with van der Waals surface area (Å²) < 4.78 is 5.46. The highest BCUT2D eigenvalue weighted by Gasteiger charge is 2.11. The number of furan rings is 1. The first kappa shape index (κ1) is 11.0. The van der Waals surface area contributed by atoms with Crippen LogP contribution in [0.4, 0.5) is 0 Å². The number of rotatable bonds is 4. The molecule has 2 rings (SSSR count). The van der Waals surface area contributed by atoms with Crippen LogP contribution in [-0.2, 0) is 0 Å². The van der Waals surface area contributed by atoms with E-state index in [1.165, 1.54) is 11.1 Å². The molecule has 16 heavy (non-hydrogen) atoms. The number of hydrogen-bond donors (Lipinski definition) is 1. The lowest BCUT2D eigenvalue weighted by Gasteiger charge is -2.15. The summed E-state index contributed by atoms with van der Waals surface area (Å²) in [5.74, 6) is 0.931. The Labute approximate surface area is 96.3 Å². The van der Waals surface area contributed by atoms with E-state index in [9.17, 15) is 0 Å². The van der Waals surface area contributed by atoms with Gasteiger partial charge in [-0.3, -0.25) is 0 Å². The fraction of sp³-hybridized carbons (Fsp3) is 0.286. The van der Waals surface area contributed by atoms with E-state index in [0.717, 1.165) is 12.3 Å². The average molecular weight is 215 g/mol. The second-order valence-corrected chi connectivity index (χ2v) is 3.84. The molecule has 0 saturated carbocycles. The van der Waals surface area contributed by atoms with Crippen LogP contribution in [0.1, 0.15) is 25.5 Å². The molecule has 0 amide bonds. The van der Waals surface area contributed by atoms with Crippen molar-refractivity contribution >= 4 is 0 Å². The van der Waals surface area contributed by atoms with Crippen LogP contribution in [0.3, 0.4) is 0 Å². The number of nitrogens with one attached hydrogen (secondary N) is 1. The van der Waals surface area contributed by atoms with Crippen LogP contribution in [0.25, 0.3) is 11.3 Å². The van der Waals surface area contributed by atoms with Crippen molar-refractivity contribution in [2.45, 2.75) is 19.9 Å². The molecule has 2 heteroatoms. The standard InChI is InChI=1S/C14H17NO/c1-3-15-11(2)12-7-4-5-8-13(12)14-9-6-10-16-14/h4-11,15H,3H2,1-2H3. The molecule has 0 spiro atoms. The first-order valence-electron chi connectivity index (χ1n) is 5.69. The molecule has 0 saturated heterocycles. The number of hydrogen-bond acceptors (Lipinski definition) is 2. The molecular weight excluding hydrogens is 198 g/mol. The molecule has 0 aliphatic rings. The van der Waals surface area contributed by atoms with Gasteiger partial charge in [0.25, 0.3) is 0 Å². The highest BCUT2D eigenvalue weighted by Crippen LogP contribution is 2.28. The Morgan fingerprint density at radius 1 is 1.19 bits per heavy atom. The highest BCUT2D eigenvalue weighted by molar-refractivity contribution is 5.62. The minimum Gasteiger partial charge on any atom is -0.464 e. The lowest BCUT2D eigenvalue weighted by Crippen LogP contribution is -2.18. The van der Waals surface area contributed by atoms with E-state index >= 15 is 0 Å². The minimum absolute atomic E-state index is 0.339. The van der Waals surface area contributed by atoms with E-state index in [2.05, 4.69) is 37.4 Å². The van der Waals surface area contributed by atoms with Crippen molar-refractivity contribution in [3.63, 3.8) is 0 Å². The Morgan fingerprint density at radius 3 is 2.69 bits per heavy atom. The monoisotopic (exact) mass is 215 g/mol. The lowest BCUT2D eigenvalue weighted by atomic mass is 10.00. The molecule has 1 heterocycles. The van der Waals surface area contributed by atoms with Crippen LogP contribution >= 0.6 is 0 Å². The number of benzene rings is 1. The van der Waals surface area contributed by atoms with Gasteiger partial charge in [0.2, 0.25) is 0 Å². The molecule has 1 aromatic carbocycles. The largest absolute Gasteiger partial charge is 0.464 e. The molecule has 1 unspecified atom stereocenters. The van der Waals surface area contributed by atoms with Crippen molar-refractivity contribution in [1.29, 1.82) is 0 Å². The van der Waals surface area contributed by atoms with Crippen molar-refractivity contribution in [3.8, 4) is 11.3 Å². The maximum atomic E-state index is 5.46. The zero-order chi connectivity index (χ0) is 11.4. The van der Waals surface area contributed by atoms with Crippen LogP contribution in [0, 0.1) is 0 Å². The normalized spacial score (nSPS) is 12.6. The Bertz CT molecular complexity index is 434. The van der Waals surface area contributed by atoms with E-state index in [1.807, 2.05) is 18.2 Å². The van der Waals surface area contributed by atoms with Crippen LogP contribution in [0.15, 0.2) is 47.1 Å². The third-order valence-electron chi connectivity index (χ3n) is 2.72. The average Bonchev–Trinajstić information content (AvgIpc) is 2.83. The molecule has 0 fully saturated rings. The third kappa shape index (κ3) is 2.17.